The van der Waals surface area contributed by atoms with Crippen molar-refractivity contribution in [2.45, 2.75) is 13.5 Å². The summed E-state index contributed by atoms with van der Waals surface area (Å²) in [6.45, 7) is 2.45. The summed E-state index contributed by atoms with van der Waals surface area (Å²) in [4.78, 5) is 22.2. The van der Waals surface area contributed by atoms with E-state index in [1.54, 1.807) is 25.1 Å². The zero-order valence-corrected chi connectivity index (χ0v) is 9.60. The van der Waals surface area contributed by atoms with E-state index in [1.807, 2.05) is 0 Å². The molecule has 1 aromatic rings. The first-order valence-electron chi connectivity index (χ1n) is 5.30. The second-order valence-electron chi connectivity index (χ2n) is 3.38. The summed E-state index contributed by atoms with van der Waals surface area (Å²) in [5, 5.41) is 11.5. The molecule has 5 nitrogen and oxygen atoms in total. The molecule has 0 aromatic heterocycles. The van der Waals surface area contributed by atoms with Crippen molar-refractivity contribution >= 4 is 11.9 Å². The molecular formula is C12H15NO4. The number of carbonyl (C=O) groups is 2. The molecule has 0 fully saturated rings. The van der Waals surface area contributed by atoms with Crippen LogP contribution in [0, 0.1) is 0 Å². The molecule has 17 heavy (non-hydrogen) atoms. The summed E-state index contributed by atoms with van der Waals surface area (Å²) in [7, 11) is 0. The Morgan fingerprint density at radius 3 is 2.71 bits per heavy atom. The zero-order chi connectivity index (χ0) is 12.7. The summed E-state index contributed by atoms with van der Waals surface area (Å²) in [6, 6.07) is 6.56. The number of aromatic carboxylic acids is 1. The van der Waals surface area contributed by atoms with Crippen LogP contribution in [-0.4, -0.2) is 30.2 Å². The van der Waals surface area contributed by atoms with Gasteiger partial charge >= 0.3 is 5.97 Å². The minimum absolute atomic E-state index is 0.00820. The Morgan fingerprint density at radius 1 is 1.35 bits per heavy atom. The fraction of sp³-hybridized carbons (Fsp3) is 0.333. The van der Waals surface area contributed by atoms with Crippen molar-refractivity contribution in [3.8, 4) is 0 Å². The van der Waals surface area contributed by atoms with E-state index in [9.17, 15) is 9.59 Å². The predicted octanol–water partition coefficient (Wildman–Crippen LogP) is 1.04. The Labute approximate surface area is 99.4 Å². The molecule has 0 spiro atoms. The third kappa shape index (κ3) is 4.24. The smallest absolute Gasteiger partial charge is 0.336 e. The van der Waals surface area contributed by atoms with E-state index in [1.165, 1.54) is 6.07 Å². The number of carboxylic acid groups (broad SMARTS) is 1. The molecule has 1 aromatic carbocycles. The van der Waals surface area contributed by atoms with E-state index in [4.69, 9.17) is 9.84 Å². The lowest BCUT2D eigenvalue weighted by atomic mass is 10.1. The molecule has 0 aliphatic heterocycles. The first kappa shape index (κ1) is 13.2. The van der Waals surface area contributed by atoms with Gasteiger partial charge in [0, 0.05) is 13.2 Å². The van der Waals surface area contributed by atoms with E-state index >= 15 is 0 Å². The van der Waals surface area contributed by atoms with Crippen LogP contribution in [0.1, 0.15) is 22.8 Å². The van der Waals surface area contributed by atoms with Gasteiger partial charge in [-0.3, -0.25) is 4.79 Å². The van der Waals surface area contributed by atoms with Crippen LogP contribution in [0.5, 0.6) is 0 Å². The van der Waals surface area contributed by atoms with Gasteiger partial charge in [-0.2, -0.15) is 0 Å². The molecule has 0 aliphatic rings. The maximum Gasteiger partial charge on any atom is 0.336 e. The Bertz CT molecular complexity index is 403. The van der Waals surface area contributed by atoms with Crippen molar-refractivity contribution < 1.29 is 19.4 Å². The Morgan fingerprint density at radius 2 is 2.06 bits per heavy atom. The average molecular weight is 237 g/mol. The fourth-order valence-electron chi connectivity index (χ4n) is 1.32. The van der Waals surface area contributed by atoms with Crippen LogP contribution < -0.4 is 5.32 Å². The van der Waals surface area contributed by atoms with Crippen molar-refractivity contribution in [1.82, 2.24) is 5.32 Å². The Balaban J connectivity index is 2.57. The number of ether oxygens (including phenoxy) is 1. The molecule has 1 amide bonds. The zero-order valence-electron chi connectivity index (χ0n) is 9.60. The van der Waals surface area contributed by atoms with Crippen molar-refractivity contribution in [3.63, 3.8) is 0 Å². The van der Waals surface area contributed by atoms with Crippen molar-refractivity contribution in [3.05, 3.63) is 35.4 Å². The second-order valence-corrected chi connectivity index (χ2v) is 3.38. The van der Waals surface area contributed by atoms with Gasteiger partial charge in [-0.05, 0) is 18.6 Å². The van der Waals surface area contributed by atoms with Gasteiger partial charge in [-0.15, -0.1) is 0 Å². The number of nitrogens with one attached hydrogen (secondary N) is 1. The summed E-state index contributed by atoms with van der Waals surface area (Å²) >= 11 is 0. The maximum atomic E-state index is 11.3. The van der Waals surface area contributed by atoms with Gasteiger partial charge in [0.25, 0.3) is 0 Å². The SMILES string of the molecule is CCOCC(=O)NCc1ccccc1C(=O)O. The van der Waals surface area contributed by atoms with E-state index in [0.717, 1.165) is 0 Å². The first-order valence-corrected chi connectivity index (χ1v) is 5.30. The topological polar surface area (TPSA) is 75.6 Å². The lowest BCUT2D eigenvalue weighted by Gasteiger charge is -2.07. The number of rotatable bonds is 6. The molecule has 0 saturated heterocycles. The molecule has 0 unspecified atom stereocenters. The van der Waals surface area contributed by atoms with Gasteiger partial charge in [0.05, 0.1) is 5.56 Å². The maximum absolute atomic E-state index is 11.3. The highest BCUT2D eigenvalue weighted by Crippen LogP contribution is 2.08. The van der Waals surface area contributed by atoms with E-state index in [2.05, 4.69) is 5.32 Å². The Hall–Kier alpha value is -1.88. The number of benzene rings is 1. The van der Waals surface area contributed by atoms with Gasteiger partial charge in [-0.1, -0.05) is 18.2 Å². The minimum atomic E-state index is -1.00. The minimum Gasteiger partial charge on any atom is -0.478 e. The molecular weight excluding hydrogens is 222 g/mol. The quantitative estimate of drug-likeness (QED) is 0.775. The molecule has 1 rings (SSSR count). The van der Waals surface area contributed by atoms with Crippen molar-refractivity contribution in [2.24, 2.45) is 0 Å². The van der Waals surface area contributed by atoms with Crippen LogP contribution in [0.4, 0.5) is 0 Å². The summed E-state index contributed by atoms with van der Waals surface area (Å²) < 4.78 is 4.93. The van der Waals surface area contributed by atoms with Gasteiger partial charge < -0.3 is 15.2 Å². The highest BCUT2D eigenvalue weighted by molar-refractivity contribution is 5.89. The van der Waals surface area contributed by atoms with E-state index < -0.39 is 5.97 Å². The number of hydrogen-bond acceptors (Lipinski definition) is 3. The number of amides is 1. The van der Waals surface area contributed by atoms with Crippen molar-refractivity contribution in [2.75, 3.05) is 13.2 Å². The first-order chi connectivity index (χ1) is 8.15. The van der Waals surface area contributed by atoms with Crippen LogP contribution in [0.2, 0.25) is 0 Å². The molecule has 2 N–H and O–H groups in total. The van der Waals surface area contributed by atoms with Crippen LogP contribution >= 0.6 is 0 Å². The highest BCUT2D eigenvalue weighted by Gasteiger charge is 2.09. The van der Waals surface area contributed by atoms with Crippen molar-refractivity contribution in [1.29, 1.82) is 0 Å². The van der Waals surface area contributed by atoms with Gasteiger partial charge in [-0.25, -0.2) is 4.79 Å². The normalized spacial score (nSPS) is 9.94. The van der Waals surface area contributed by atoms with Crippen LogP contribution in [0.15, 0.2) is 24.3 Å². The third-order valence-corrected chi connectivity index (χ3v) is 2.16. The van der Waals surface area contributed by atoms with Crippen LogP contribution in [-0.2, 0) is 16.1 Å². The molecule has 92 valence electrons. The van der Waals surface area contributed by atoms with E-state index in [-0.39, 0.29) is 24.6 Å². The molecule has 0 aliphatic carbocycles. The Kier molecular flexibility index (Phi) is 5.16. The van der Waals surface area contributed by atoms with Gasteiger partial charge in [0.15, 0.2) is 0 Å². The third-order valence-electron chi connectivity index (χ3n) is 2.16. The standard InChI is InChI=1S/C12H15NO4/c1-2-17-8-11(14)13-7-9-5-3-4-6-10(9)12(15)16/h3-6H,2,7-8H2,1H3,(H,13,14)(H,15,16). The largest absolute Gasteiger partial charge is 0.478 e. The van der Waals surface area contributed by atoms with Crippen LogP contribution in [0.25, 0.3) is 0 Å². The number of carboxylic acids is 1. The summed E-state index contributed by atoms with van der Waals surface area (Å²) in [6.07, 6.45) is 0. The monoisotopic (exact) mass is 237 g/mol. The molecule has 0 saturated carbocycles. The molecule has 0 radical (unpaired) electrons. The van der Waals surface area contributed by atoms with Gasteiger partial charge in [0.1, 0.15) is 6.61 Å². The predicted molar refractivity (Wildman–Crippen MR) is 61.7 cm³/mol. The lowest BCUT2D eigenvalue weighted by molar-refractivity contribution is -0.125. The molecule has 5 heteroatoms. The highest BCUT2D eigenvalue weighted by atomic mass is 16.5. The molecule has 0 atom stereocenters. The number of hydrogen-bond donors (Lipinski definition) is 2. The lowest BCUT2D eigenvalue weighted by Crippen LogP contribution is -2.27. The average Bonchev–Trinajstić information content (AvgIpc) is 2.34. The fourth-order valence-corrected chi connectivity index (χ4v) is 1.32. The number of carbonyl (C=O) groups excluding carboxylic acids is 1. The molecule has 0 bridgehead atoms. The van der Waals surface area contributed by atoms with E-state index in [0.29, 0.717) is 12.2 Å². The summed E-state index contributed by atoms with van der Waals surface area (Å²) in [5.41, 5.74) is 0.772. The summed E-state index contributed by atoms with van der Waals surface area (Å²) in [5.74, 6) is -1.26. The second kappa shape index (κ2) is 6.65. The molecule has 0 heterocycles. The van der Waals surface area contributed by atoms with Gasteiger partial charge in [0.2, 0.25) is 5.91 Å². The van der Waals surface area contributed by atoms with Crippen LogP contribution in [0.3, 0.4) is 0 Å².